The predicted molar refractivity (Wildman–Crippen MR) is 113 cm³/mol. The van der Waals surface area contributed by atoms with E-state index in [1.54, 1.807) is 23.3 Å². The van der Waals surface area contributed by atoms with Gasteiger partial charge in [0.2, 0.25) is 0 Å². The molecule has 0 heterocycles. The molecular formula is C25H34Hf. The molecule has 1 aromatic rings. The van der Waals surface area contributed by atoms with Gasteiger partial charge in [0.15, 0.2) is 0 Å². The van der Waals surface area contributed by atoms with Crippen LogP contribution in [0.25, 0.3) is 5.57 Å². The van der Waals surface area contributed by atoms with Crippen molar-refractivity contribution in [1.29, 1.82) is 0 Å². The molecule has 1 unspecified atom stereocenters. The molecule has 2 aliphatic rings. The Morgan fingerprint density at radius 3 is 2.12 bits per heavy atom. The molecule has 0 amide bonds. The van der Waals surface area contributed by atoms with Gasteiger partial charge >= 0.3 is 169 Å². The molecule has 1 aromatic carbocycles. The first-order chi connectivity index (χ1) is 12.0. The third-order valence-corrected chi connectivity index (χ3v) is 17.3. The number of rotatable bonds is 2. The van der Waals surface area contributed by atoms with Gasteiger partial charge in [-0.25, -0.2) is 0 Å². The van der Waals surface area contributed by atoms with Crippen LogP contribution in [0.2, 0.25) is 0 Å². The average molecular weight is 513 g/mol. The molecule has 0 spiro atoms. The molecule has 0 saturated heterocycles. The summed E-state index contributed by atoms with van der Waals surface area (Å²) in [5.74, 6) is 0. The molecule has 0 fully saturated rings. The fourth-order valence-electron chi connectivity index (χ4n) is 4.31. The summed E-state index contributed by atoms with van der Waals surface area (Å²) in [5.41, 5.74) is 6.79. The Hall–Kier alpha value is -0.820. The van der Waals surface area contributed by atoms with E-state index < -0.39 is 21.0 Å². The molecule has 0 aliphatic heterocycles. The van der Waals surface area contributed by atoms with Crippen molar-refractivity contribution in [2.45, 2.75) is 65.5 Å². The van der Waals surface area contributed by atoms with Crippen LogP contribution in [0, 0.1) is 10.8 Å². The molecule has 0 radical (unpaired) electrons. The van der Waals surface area contributed by atoms with Gasteiger partial charge in [-0.1, -0.05) is 0 Å². The van der Waals surface area contributed by atoms with Crippen molar-refractivity contribution in [3.05, 3.63) is 62.5 Å². The van der Waals surface area contributed by atoms with E-state index in [1.807, 2.05) is 0 Å². The number of allylic oxidation sites excluding steroid dienone is 6. The number of hydrogen-bond donors (Lipinski definition) is 0. The van der Waals surface area contributed by atoms with Gasteiger partial charge in [-0.2, -0.15) is 0 Å². The van der Waals surface area contributed by atoms with Gasteiger partial charge in [0.25, 0.3) is 0 Å². The summed E-state index contributed by atoms with van der Waals surface area (Å²) in [6.45, 7) is 19.0. The standard InChI is InChI=1S/C13H15.C9H13.C3H6.Hf/c1-13(2,3)12-9-8-10-6-4-5-7-11(10)12;1-9(2,3)8-6-4-5-7-8;1-3-2;/h4-9H,1-3H3;4,6H,7H2,1-3H3;1-2H3;. The summed E-state index contributed by atoms with van der Waals surface area (Å²) in [4.78, 5) is 0. The van der Waals surface area contributed by atoms with E-state index in [0.29, 0.717) is 3.67 Å². The van der Waals surface area contributed by atoms with Crippen molar-refractivity contribution in [2.24, 2.45) is 10.8 Å². The van der Waals surface area contributed by atoms with Crippen LogP contribution in [0.4, 0.5) is 0 Å². The minimum absolute atomic E-state index is 0.211. The SMILES string of the molecule is C[C](C)=[Hf]([C]1=CC=C(C(C)(C)C)C1)[CH]1C=C(C(C)(C)C)c2ccccc21. The summed E-state index contributed by atoms with van der Waals surface area (Å²) in [5, 5.41) is 0. The zero-order valence-corrected chi connectivity index (χ0v) is 21.4. The van der Waals surface area contributed by atoms with Crippen LogP contribution < -0.4 is 0 Å². The zero-order chi connectivity index (χ0) is 19.3. The fourth-order valence-corrected chi connectivity index (χ4v) is 15.8. The Labute approximate surface area is 168 Å². The van der Waals surface area contributed by atoms with Crippen LogP contribution in [-0.2, 0) is 21.0 Å². The normalized spacial score (nSPS) is 19.7. The minimum atomic E-state index is -2.13. The third-order valence-electron chi connectivity index (χ3n) is 5.75. The Morgan fingerprint density at radius 1 is 0.923 bits per heavy atom. The van der Waals surface area contributed by atoms with Crippen LogP contribution in [0.3, 0.4) is 0 Å². The van der Waals surface area contributed by atoms with Gasteiger partial charge < -0.3 is 0 Å². The van der Waals surface area contributed by atoms with Crippen LogP contribution >= 0.6 is 0 Å². The zero-order valence-electron chi connectivity index (χ0n) is 17.8. The van der Waals surface area contributed by atoms with E-state index in [1.165, 1.54) is 12.0 Å². The van der Waals surface area contributed by atoms with Crippen molar-refractivity contribution in [3.63, 3.8) is 0 Å². The second kappa shape index (κ2) is 6.97. The molecule has 26 heavy (non-hydrogen) atoms. The van der Waals surface area contributed by atoms with E-state index in [2.05, 4.69) is 97.9 Å². The predicted octanol–water partition coefficient (Wildman–Crippen LogP) is 7.26. The molecule has 1 atom stereocenters. The molecule has 1 heteroatoms. The Kier molecular flexibility index (Phi) is 5.34. The van der Waals surface area contributed by atoms with E-state index in [-0.39, 0.29) is 10.8 Å². The van der Waals surface area contributed by atoms with E-state index in [0.717, 1.165) is 0 Å². The van der Waals surface area contributed by atoms with Crippen molar-refractivity contribution < 1.29 is 21.0 Å². The van der Waals surface area contributed by atoms with Crippen LogP contribution in [0.15, 0.2) is 51.4 Å². The molecule has 2 aliphatic carbocycles. The van der Waals surface area contributed by atoms with Gasteiger partial charge in [-0.15, -0.1) is 0 Å². The number of hydrogen-bond acceptors (Lipinski definition) is 0. The summed E-state index contributed by atoms with van der Waals surface area (Å²) in [6.07, 6.45) is 8.81. The quantitative estimate of drug-likeness (QED) is 0.366. The Balaban J connectivity index is 2.04. The molecule has 0 bridgehead atoms. The second-order valence-corrected chi connectivity index (χ2v) is 21.2. The Bertz CT molecular complexity index is 841. The van der Waals surface area contributed by atoms with Gasteiger partial charge in [-0.3, -0.25) is 0 Å². The first-order valence-electron chi connectivity index (χ1n) is 9.89. The molecule has 0 saturated carbocycles. The van der Waals surface area contributed by atoms with Crippen LogP contribution in [0.1, 0.15) is 76.6 Å². The van der Waals surface area contributed by atoms with Gasteiger partial charge in [-0.05, 0) is 0 Å². The number of fused-ring (bicyclic) bond motifs is 1. The first-order valence-corrected chi connectivity index (χ1v) is 15.6. The topological polar surface area (TPSA) is 0 Å². The van der Waals surface area contributed by atoms with Crippen molar-refractivity contribution in [2.75, 3.05) is 0 Å². The first kappa shape index (κ1) is 19.9. The van der Waals surface area contributed by atoms with Crippen molar-refractivity contribution in [1.82, 2.24) is 0 Å². The molecular weight excluding hydrogens is 479 g/mol. The summed E-state index contributed by atoms with van der Waals surface area (Å²) >= 11 is -2.13. The molecule has 0 aromatic heterocycles. The molecule has 0 nitrogen and oxygen atoms in total. The fraction of sp³-hybridized carbons (Fsp3) is 0.480. The van der Waals surface area contributed by atoms with Gasteiger partial charge in [0.05, 0.1) is 0 Å². The van der Waals surface area contributed by atoms with Crippen molar-refractivity contribution in [3.8, 4) is 0 Å². The summed E-state index contributed by atoms with van der Waals surface area (Å²) in [7, 11) is 0. The van der Waals surface area contributed by atoms with Crippen LogP contribution in [0.5, 0.6) is 0 Å². The van der Waals surface area contributed by atoms with Crippen molar-refractivity contribution >= 4 is 8.83 Å². The maximum absolute atomic E-state index is 2.66. The second-order valence-electron chi connectivity index (χ2n) is 10.1. The number of benzene rings is 1. The van der Waals surface area contributed by atoms with Crippen LogP contribution in [-0.4, -0.2) is 3.26 Å². The monoisotopic (exact) mass is 514 g/mol. The molecule has 0 N–H and O–H groups in total. The van der Waals surface area contributed by atoms with E-state index in [4.69, 9.17) is 0 Å². The molecule has 138 valence electrons. The van der Waals surface area contributed by atoms with E-state index >= 15 is 0 Å². The summed E-state index contributed by atoms with van der Waals surface area (Å²) < 4.78 is 4.21. The van der Waals surface area contributed by atoms with Gasteiger partial charge in [0, 0.05) is 0 Å². The maximum atomic E-state index is 2.66. The van der Waals surface area contributed by atoms with Gasteiger partial charge in [0.1, 0.15) is 0 Å². The third kappa shape index (κ3) is 3.75. The van der Waals surface area contributed by atoms with E-state index in [9.17, 15) is 0 Å². The Morgan fingerprint density at radius 2 is 1.58 bits per heavy atom. The average Bonchev–Trinajstić information content (AvgIpc) is 3.12. The molecule has 3 rings (SSSR count). The summed E-state index contributed by atoms with van der Waals surface area (Å²) in [6, 6.07) is 9.20.